The van der Waals surface area contributed by atoms with Crippen molar-refractivity contribution in [2.75, 3.05) is 6.54 Å². The third kappa shape index (κ3) is 3.62. The van der Waals surface area contributed by atoms with E-state index in [1.165, 1.54) is 12.1 Å². The molecule has 0 radical (unpaired) electrons. The summed E-state index contributed by atoms with van der Waals surface area (Å²) >= 11 is 0. The van der Waals surface area contributed by atoms with Gasteiger partial charge in [0.05, 0.1) is 17.9 Å². The van der Waals surface area contributed by atoms with Crippen LogP contribution in [0.5, 0.6) is 0 Å². The fourth-order valence-corrected chi connectivity index (χ4v) is 2.67. The van der Waals surface area contributed by atoms with E-state index in [1.807, 2.05) is 0 Å². The van der Waals surface area contributed by atoms with Crippen LogP contribution in [0.25, 0.3) is 0 Å². The highest BCUT2D eigenvalue weighted by molar-refractivity contribution is 5.82. The number of aliphatic hydroxyl groups is 1. The second-order valence-corrected chi connectivity index (χ2v) is 5.85. The van der Waals surface area contributed by atoms with Gasteiger partial charge in [0.1, 0.15) is 5.76 Å². The molecule has 0 saturated heterocycles. The summed E-state index contributed by atoms with van der Waals surface area (Å²) in [7, 11) is 0. The Morgan fingerprint density at radius 2 is 2.12 bits per heavy atom. The molecule has 3 atom stereocenters. The number of amides is 1. The van der Waals surface area contributed by atoms with E-state index in [-0.39, 0.29) is 29.9 Å². The minimum absolute atomic E-state index is 0.0331. The van der Waals surface area contributed by atoms with Gasteiger partial charge in [-0.2, -0.15) is 13.2 Å². The van der Waals surface area contributed by atoms with Gasteiger partial charge in [-0.05, 0) is 36.2 Å². The lowest BCUT2D eigenvalue weighted by Gasteiger charge is -2.14. The number of nitrogens with one attached hydrogen (secondary N) is 1. The van der Waals surface area contributed by atoms with Crippen LogP contribution in [0.4, 0.5) is 13.2 Å². The van der Waals surface area contributed by atoms with Crippen molar-refractivity contribution in [3.63, 3.8) is 0 Å². The predicted octanol–water partition coefficient (Wildman–Crippen LogP) is 3.25. The van der Waals surface area contributed by atoms with Crippen LogP contribution >= 0.6 is 0 Å². The van der Waals surface area contributed by atoms with E-state index in [2.05, 4.69) is 5.32 Å². The van der Waals surface area contributed by atoms with Gasteiger partial charge in [-0.3, -0.25) is 4.79 Å². The minimum Gasteiger partial charge on any atom is -0.469 e. The molecule has 1 aromatic heterocycles. The Morgan fingerprint density at radius 3 is 2.79 bits per heavy atom. The van der Waals surface area contributed by atoms with E-state index < -0.39 is 17.8 Å². The summed E-state index contributed by atoms with van der Waals surface area (Å²) < 4.78 is 43.3. The molecule has 1 aliphatic rings. The number of benzene rings is 1. The Bertz CT molecular complexity index is 712. The molecule has 1 amide bonds. The summed E-state index contributed by atoms with van der Waals surface area (Å²) in [5.74, 6) is 0.326. The van der Waals surface area contributed by atoms with Crippen molar-refractivity contribution in [2.24, 2.45) is 5.92 Å². The van der Waals surface area contributed by atoms with E-state index in [1.54, 1.807) is 18.4 Å². The van der Waals surface area contributed by atoms with Crippen molar-refractivity contribution < 1.29 is 27.5 Å². The van der Waals surface area contributed by atoms with Crippen molar-refractivity contribution in [1.29, 1.82) is 0 Å². The molecule has 1 fully saturated rings. The first-order chi connectivity index (χ1) is 11.4. The first kappa shape index (κ1) is 16.6. The Balaban J connectivity index is 1.54. The van der Waals surface area contributed by atoms with Crippen LogP contribution in [0.1, 0.15) is 35.3 Å². The smallest absolute Gasteiger partial charge is 0.416 e. The number of hydrogen-bond acceptors (Lipinski definition) is 3. The normalized spacial score (nSPS) is 21.3. The summed E-state index contributed by atoms with van der Waals surface area (Å²) in [5.41, 5.74) is -0.714. The Morgan fingerprint density at radius 1 is 1.33 bits per heavy atom. The monoisotopic (exact) mass is 339 g/mol. The second-order valence-electron chi connectivity index (χ2n) is 5.85. The fraction of sp³-hybridized carbons (Fsp3) is 0.353. The zero-order chi connectivity index (χ0) is 17.3. The average molecular weight is 339 g/mol. The third-order valence-electron chi connectivity index (χ3n) is 4.10. The summed E-state index contributed by atoms with van der Waals surface area (Å²) in [4.78, 5) is 12.0. The van der Waals surface area contributed by atoms with Crippen LogP contribution in [0.15, 0.2) is 47.1 Å². The van der Waals surface area contributed by atoms with Gasteiger partial charge in [0.2, 0.25) is 5.91 Å². The second kappa shape index (κ2) is 6.32. The number of rotatable bonds is 5. The first-order valence-corrected chi connectivity index (χ1v) is 7.52. The summed E-state index contributed by atoms with van der Waals surface area (Å²) in [6.07, 6.45) is -3.46. The standard InChI is InChI=1S/C17H16F3NO3/c18-17(19,20)11-4-1-3-10(7-11)14(22)9-21-16(23)13-8-12(13)15-5-2-6-24-15/h1-7,12-14,22H,8-9H2,(H,21,23)/t12-,13+,14-/m0/s1. The van der Waals surface area contributed by atoms with Crippen LogP contribution in [0.3, 0.4) is 0 Å². The largest absolute Gasteiger partial charge is 0.469 e. The van der Waals surface area contributed by atoms with Crippen molar-refractivity contribution in [3.8, 4) is 0 Å². The molecule has 24 heavy (non-hydrogen) atoms. The summed E-state index contributed by atoms with van der Waals surface area (Å²) in [6, 6.07) is 8.01. The van der Waals surface area contributed by atoms with E-state index in [0.717, 1.165) is 17.9 Å². The van der Waals surface area contributed by atoms with Gasteiger partial charge in [-0.1, -0.05) is 12.1 Å². The van der Waals surface area contributed by atoms with Crippen LogP contribution < -0.4 is 5.32 Å². The summed E-state index contributed by atoms with van der Waals surface area (Å²) in [5, 5.41) is 12.6. The van der Waals surface area contributed by atoms with Gasteiger partial charge in [0.15, 0.2) is 0 Å². The molecule has 7 heteroatoms. The lowest BCUT2D eigenvalue weighted by atomic mass is 10.1. The Hall–Kier alpha value is -2.28. The zero-order valence-corrected chi connectivity index (χ0v) is 12.6. The van der Waals surface area contributed by atoms with E-state index in [4.69, 9.17) is 4.42 Å². The SMILES string of the molecule is O=C(NC[C@H](O)c1cccc(C(F)(F)F)c1)[C@@H]1C[C@@H]1c1ccco1. The maximum absolute atomic E-state index is 12.7. The highest BCUT2D eigenvalue weighted by Gasteiger charge is 2.45. The molecule has 0 spiro atoms. The molecule has 4 nitrogen and oxygen atoms in total. The van der Waals surface area contributed by atoms with E-state index in [0.29, 0.717) is 6.42 Å². The van der Waals surface area contributed by atoms with E-state index >= 15 is 0 Å². The van der Waals surface area contributed by atoms with Crippen molar-refractivity contribution in [1.82, 2.24) is 5.32 Å². The molecule has 1 saturated carbocycles. The molecule has 0 aliphatic heterocycles. The molecule has 2 aromatic rings. The van der Waals surface area contributed by atoms with E-state index in [9.17, 15) is 23.1 Å². The average Bonchev–Trinajstić information content (AvgIpc) is 3.17. The molecule has 0 unspecified atom stereocenters. The van der Waals surface area contributed by atoms with Gasteiger partial charge in [-0.15, -0.1) is 0 Å². The first-order valence-electron chi connectivity index (χ1n) is 7.52. The molecule has 2 N–H and O–H groups in total. The van der Waals surface area contributed by atoms with Gasteiger partial charge >= 0.3 is 6.18 Å². The van der Waals surface area contributed by atoms with Crippen LogP contribution in [0, 0.1) is 5.92 Å². The molecular weight excluding hydrogens is 323 g/mol. The molecule has 1 aliphatic carbocycles. The maximum atomic E-state index is 12.7. The van der Waals surface area contributed by atoms with Gasteiger partial charge in [-0.25, -0.2) is 0 Å². The lowest BCUT2D eigenvalue weighted by molar-refractivity contribution is -0.137. The van der Waals surface area contributed by atoms with Crippen LogP contribution in [0.2, 0.25) is 0 Å². The number of carbonyl (C=O) groups is 1. The minimum atomic E-state index is -4.47. The highest BCUT2D eigenvalue weighted by atomic mass is 19.4. The lowest BCUT2D eigenvalue weighted by Crippen LogP contribution is -2.30. The number of halogens is 3. The number of alkyl halides is 3. The number of aliphatic hydroxyl groups excluding tert-OH is 1. The molecule has 1 aromatic carbocycles. The summed E-state index contributed by atoms with van der Waals surface area (Å²) in [6.45, 7) is -0.137. The van der Waals surface area contributed by atoms with Crippen molar-refractivity contribution >= 4 is 5.91 Å². The highest BCUT2D eigenvalue weighted by Crippen LogP contribution is 2.47. The zero-order valence-electron chi connectivity index (χ0n) is 12.6. The molecule has 3 rings (SSSR count). The third-order valence-corrected chi connectivity index (χ3v) is 4.10. The van der Waals surface area contributed by atoms with Gasteiger partial charge in [0.25, 0.3) is 0 Å². The molecule has 128 valence electrons. The molecule has 1 heterocycles. The van der Waals surface area contributed by atoms with Crippen LogP contribution in [-0.4, -0.2) is 17.6 Å². The Labute approximate surface area is 136 Å². The van der Waals surface area contributed by atoms with Crippen LogP contribution in [-0.2, 0) is 11.0 Å². The fourth-order valence-electron chi connectivity index (χ4n) is 2.67. The van der Waals surface area contributed by atoms with Gasteiger partial charge in [0, 0.05) is 18.4 Å². The Kier molecular flexibility index (Phi) is 4.36. The quantitative estimate of drug-likeness (QED) is 0.879. The number of carbonyl (C=O) groups excluding carboxylic acids is 1. The molecular formula is C17H16F3NO3. The molecule has 0 bridgehead atoms. The number of hydrogen-bond donors (Lipinski definition) is 2. The van der Waals surface area contributed by atoms with Gasteiger partial charge < -0.3 is 14.8 Å². The topological polar surface area (TPSA) is 62.5 Å². The van der Waals surface area contributed by atoms with Crippen molar-refractivity contribution in [2.45, 2.75) is 24.6 Å². The van der Waals surface area contributed by atoms with Crippen molar-refractivity contribution in [3.05, 3.63) is 59.5 Å². The number of furan rings is 1. The maximum Gasteiger partial charge on any atom is 0.416 e. The predicted molar refractivity (Wildman–Crippen MR) is 79.0 cm³/mol.